The van der Waals surface area contributed by atoms with Crippen molar-refractivity contribution < 1.29 is 0 Å². The summed E-state index contributed by atoms with van der Waals surface area (Å²) in [7, 11) is 2.19. The first-order valence-electron chi connectivity index (χ1n) is 8.57. The predicted octanol–water partition coefficient (Wildman–Crippen LogP) is 3.43. The van der Waals surface area contributed by atoms with E-state index in [0.717, 1.165) is 35.5 Å². The summed E-state index contributed by atoms with van der Waals surface area (Å²) in [6.07, 6.45) is 7.82. The van der Waals surface area contributed by atoms with E-state index in [0.29, 0.717) is 16.8 Å². The topological polar surface area (TPSA) is 69.7 Å². The molecule has 3 aromatic heterocycles. The highest BCUT2D eigenvalue weighted by molar-refractivity contribution is 6.31. The lowest BCUT2D eigenvalue weighted by Gasteiger charge is -2.29. The van der Waals surface area contributed by atoms with E-state index in [9.17, 15) is 0 Å². The zero-order valence-corrected chi connectivity index (χ0v) is 14.9. The number of pyridine rings is 1. The maximum atomic E-state index is 6.08. The highest BCUT2D eigenvalue weighted by atomic mass is 35.5. The number of rotatable bonds is 4. The van der Waals surface area contributed by atoms with Crippen LogP contribution in [-0.4, -0.2) is 51.5 Å². The van der Waals surface area contributed by atoms with E-state index in [1.54, 1.807) is 12.4 Å². The standard InChI is InChI=1S/C18H21ClN6/c1-25-6-2-3-12(11-25)8-21-16-4-5-20-18(24-16)15-10-23-17-14(15)7-13(19)9-22-17/h4-5,7,9-10,12H,2-3,6,8,11H2,1H3,(H,22,23)(H,20,21,24). The molecule has 6 nitrogen and oxygen atoms in total. The number of likely N-dealkylation sites (tertiary alicyclic amines) is 1. The van der Waals surface area contributed by atoms with Crippen LogP contribution in [0.15, 0.2) is 30.7 Å². The molecule has 1 unspecified atom stereocenters. The van der Waals surface area contributed by atoms with Crippen molar-refractivity contribution in [2.45, 2.75) is 12.8 Å². The number of piperidine rings is 1. The SMILES string of the molecule is CN1CCCC(CNc2ccnc(-c3c[nH]c4ncc(Cl)cc34)n2)C1. The van der Waals surface area contributed by atoms with Crippen LogP contribution < -0.4 is 5.32 Å². The Hall–Kier alpha value is -2.18. The second-order valence-electron chi connectivity index (χ2n) is 6.67. The van der Waals surface area contributed by atoms with E-state index < -0.39 is 0 Å². The molecule has 25 heavy (non-hydrogen) atoms. The molecule has 1 saturated heterocycles. The van der Waals surface area contributed by atoms with E-state index in [4.69, 9.17) is 11.6 Å². The number of aromatic nitrogens is 4. The van der Waals surface area contributed by atoms with E-state index in [1.807, 2.05) is 18.3 Å². The number of nitrogens with zero attached hydrogens (tertiary/aromatic N) is 4. The van der Waals surface area contributed by atoms with Gasteiger partial charge in [0.2, 0.25) is 0 Å². The number of halogens is 1. The number of fused-ring (bicyclic) bond motifs is 1. The maximum absolute atomic E-state index is 6.08. The van der Waals surface area contributed by atoms with Gasteiger partial charge in [-0.3, -0.25) is 0 Å². The lowest BCUT2D eigenvalue weighted by molar-refractivity contribution is 0.217. The number of H-pyrrole nitrogens is 1. The molecule has 4 rings (SSSR count). The number of hydrogen-bond donors (Lipinski definition) is 2. The molecule has 1 aliphatic heterocycles. The average molecular weight is 357 g/mol. The van der Waals surface area contributed by atoms with Gasteiger partial charge in [-0.1, -0.05) is 11.6 Å². The van der Waals surface area contributed by atoms with Crippen molar-refractivity contribution in [2.24, 2.45) is 5.92 Å². The number of hydrogen-bond acceptors (Lipinski definition) is 5. The summed E-state index contributed by atoms with van der Waals surface area (Å²) in [5.41, 5.74) is 1.69. The number of anilines is 1. The molecule has 0 spiro atoms. The summed E-state index contributed by atoms with van der Waals surface area (Å²) in [4.78, 5) is 18.9. The molecule has 1 aliphatic rings. The van der Waals surface area contributed by atoms with Crippen molar-refractivity contribution in [1.29, 1.82) is 0 Å². The van der Waals surface area contributed by atoms with E-state index in [-0.39, 0.29) is 0 Å². The minimum Gasteiger partial charge on any atom is -0.370 e. The fourth-order valence-electron chi connectivity index (χ4n) is 3.44. The minimum absolute atomic E-state index is 0.601. The summed E-state index contributed by atoms with van der Waals surface area (Å²) < 4.78 is 0. The first kappa shape index (κ1) is 16.3. The Morgan fingerprint density at radius 2 is 2.32 bits per heavy atom. The Morgan fingerprint density at radius 3 is 3.20 bits per heavy atom. The molecule has 0 saturated carbocycles. The van der Waals surface area contributed by atoms with Crippen LogP contribution in [-0.2, 0) is 0 Å². The van der Waals surface area contributed by atoms with Crippen LogP contribution >= 0.6 is 11.6 Å². The molecular formula is C18H21ClN6. The second-order valence-corrected chi connectivity index (χ2v) is 7.11. The summed E-state index contributed by atoms with van der Waals surface area (Å²) in [6.45, 7) is 3.27. The normalized spacial score (nSPS) is 18.6. The molecule has 0 amide bonds. The highest BCUT2D eigenvalue weighted by Gasteiger charge is 2.17. The van der Waals surface area contributed by atoms with Gasteiger partial charge in [-0.25, -0.2) is 15.0 Å². The van der Waals surface area contributed by atoms with Crippen molar-refractivity contribution in [3.63, 3.8) is 0 Å². The maximum Gasteiger partial charge on any atom is 0.163 e. The zero-order valence-electron chi connectivity index (χ0n) is 14.2. The van der Waals surface area contributed by atoms with Crippen LogP contribution in [0.25, 0.3) is 22.4 Å². The zero-order chi connectivity index (χ0) is 17.2. The van der Waals surface area contributed by atoms with Crippen molar-refractivity contribution in [2.75, 3.05) is 32.0 Å². The van der Waals surface area contributed by atoms with Crippen LogP contribution in [0.3, 0.4) is 0 Å². The van der Waals surface area contributed by atoms with Gasteiger partial charge in [0.1, 0.15) is 11.5 Å². The molecule has 1 fully saturated rings. The Kier molecular flexibility index (Phi) is 4.55. The summed E-state index contributed by atoms with van der Waals surface area (Å²) in [6, 6.07) is 3.80. The van der Waals surface area contributed by atoms with Crippen molar-refractivity contribution in [1.82, 2.24) is 24.8 Å². The lowest BCUT2D eigenvalue weighted by atomic mass is 9.98. The highest BCUT2D eigenvalue weighted by Crippen LogP contribution is 2.27. The fourth-order valence-corrected chi connectivity index (χ4v) is 3.60. The number of nitrogens with one attached hydrogen (secondary N) is 2. The Bertz CT molecular complexity index is 877. The Labute approximate surface area is 151 Å². The average Bonchev–Trinajstić information content (AvgIpc) is 3.03. The van der Waals surface area contributed by atoms with E-state index in [1.165, 1.54) is 19.4 Å². The molecule has 0 radical (unpaired) electrons. The lowest BCUT2D eigenvalue weighted by Crippen LogP contribution is -2.35. The largest absolute Gasteiger partial charge is 0.370 e. The third kappa shape index (κ3) is 3.60. The summed E-state index contributed by atoms with van der Waals surface area (Å²) >= 11 is 6.08. The monoisotopic (exact) mass is 356 g/mol. The van der Waals surface area contributed by atoms with E-state index >= 15 is 0 Å². The van der Waals surface area contributed by atoms with Gasteiger partial charge in [0, 0.05) is 42.6 Å². The first-order valence-corrected chi connectivity index (χ1v) is 8.95. The molecule has 130 valence electrons. The molecule has 4 heterocycles. The van der Waals surface area contributed by atoms with Crippen LogP contribution in [0.5, 0.6) is 0 Å². The van der Waals surface area contributed by atoms with Crippen LogP contribution in [0.1, 0.15) is 12.8 Å². The van der Waals surface area contributed by atoms with Gasteiger partial charge in [-0.15, -0.1) is 0 Å². The summed E-state index contributed by atoms with van der Waals surface area (Å²) in [5.74, 6) is 2.18. The van der Waals surface area contributed by atoms with Gasteiger partial charge in [0.05, 0.1) is 5.02 Å². The first-order chi connectivity index (χ1) is 12.2. The molecular weight excluding hydrogens is 336 g/mol. The molecule has 3 aromatic rings. The molecule has 2 N–H and O–H groups in total. The van der Waals surface area contributed by atoms with Crippen LogP contribution in [0.4, 0.5) is 5.82 Å². The van der Waals surface area contributed by atoms with Gasteiger partial charge < -0.3 is 15.2 Å². The minimum atomic E-state index is 0.601. The predicted molar refractivity (Wildman–Crippen MR) is 101 cm³/mol. The smallest absolute Gasteiger partial charge is 0.163 e. The van der Waals surface area contributed by atoms with Gasteiger partial charge in [-0.2, -0.15) is 0 Å². The molecule has 0 aromatic carbocycles. The van der Waals surface area contributed by atoms with E-state index in [2.05, 4.69) is 37.2 Å². The Balaban J connectivity index is 1.53. The molecule has 7 heteroatoms. The van der Waals surface area contributed by atoms with Gasteiger partial charge in [0.15, 0.2) is 5.82 Å². The molecule has 0 bridgehead atoms. The van der Waals surface area contributed by atoms with Crippen molar-refractivity contribution in [3.05, 3.63) is 35.7 Å². The van der Waals surface area contributed by atoms with Crippen LogP contribution in [0.2, 0.25) is 5.02 Å². The second kappa shape index (κ2) is 6.98. The number of aromatic amines is 1. The van der Waals surface area contributed by atoms with Crippen molar-refractivity contribution in [3.8, 4) is 11.4 Å². The van der Waals surface area contributed by atoms with Crippen molar-refractivity contribution >= 4 is 28.5 Å². The van der Waals surface area contributed by atoms with Gasteiger partial charge >= 0.3 is 0 Å². The summed E-state index contributed by atoms with van der Waals surface area (Å²) in [5, 5.41) is 5.00. The van der Waals surface area contributed by atoms with Gasteiger partial charge in [0.25, 0.3) is 0 Å². The fraction of sp³-hybridized carbons (Fsp3) is 0.389. The third-order valence-corrected chi connectivity index (χ3v) is 4.89. The third-order valence-electron chi connectivity index (χ3n) is 4.69. The van der Waals surface area contributed by atoms with Crippen LogP contribution in [0, 0.1) is 5.92 Å². The van der Waals surface area contributed by atoms with Gasteiger partial charge in [-0.05, 0) is 44.5 Å². The quantitative estimate of drug-likeness (QED) is 0.749. The molecule has 0 aliphatic carbocycles. The molecule has 1 atom stereocenters. The Morgan fingerprint density at radius 1 is 1.40 bits per heavy atom.